The Hall–Kier alpha value is 0.0900. The molecule has 0 radical (unpaired) electrons. The molecule has 1 heteroatoms. The van der Waals surface area contributed by atoms with Gasteiger partial charge < -0.3 is 0 Å². The highest BCUT2D eigenvalue weighted by Gasteiger charge is 1.89. The van der Waals surface area contributed by atoms with Gasteiger partial charge in [0, 0.05) is 5.75 Å². The van der Waals surface area contributed by atoms with Gasteiger partial charge in [-0.05, 0) is 19.1 Å². The lowest BCUT2D eigenvalue weighted by molar-refractivity contribution is 1.11. The number of thioether (sulfide) groups is 1. The molecule has 0 aromatic rings. The molecule has 0 fully saturated rings. The Morgan fingerprint density at radius 1 is 1.44 bits per heavy atom. The second-order valence-electron chi connectivity index (χ2n) is 2.66. The smallest absolute Gasteiger partial charge is 0.0118 e. The van der Waals surface area contributed by atoms with Crippen LogP contribution in [0.25, 0.3) is 0 Å². The summed E-state index contributed by atoms with van der Waals surface area (Å²) in [6.45, 7) is 8.73. The van der Waals surface area contributed by atoms with Gasteiger partial charge in [0.25, 0.3) is 0 Å². The fourth-order valence-electron chi connectivity index (χ4n) is 0.407. The van der Waals surface area contributed by atoms with E-state index in [9.17, 15) is 0 Å². The van der Waals surface area contributed by atoms with Crippen molar-refractivity contribution in [2.45, 2.75) is 32.9 Å². The first-order valence-electron chi connectivity index (χ1n) is 3.38. The molecule has 54 valence electrons. The zero-order chi connectivity index (χ0) is 7.28. The lowest BCUT2D eigenvalue weighted by Crippen LogP contribution is -1.86. The first-order valence-corrected chi connectivity index (χ1v) is 4.42. The average molecular weight is 144 g/mol. The highest BCUT2D eigenvalue weighted by atomic mass is 32.2. The molecule has 0 spiro atoms. The van der Waals surface area contributed by atoms with Crippen molar-refractivity contribution in [1.82, 2.24) is 0 Å². The molecule has 0 aliphatic rings. The topological polar surface area (TPSA) is 0 Å². The van der Waals surface area contributed by atoms with Crippen LogP contribution in [0.1, 0.15) is 27.7 Å². The van der Waals surface area contributed by atoms with E-state index in [1.54, 1.807) is 0 Å². The standard InChI is InChI=1S/C8H16S/c1-7(2)5-6-9-8(3)4/h5,8H,6H2,1-4H3. The molecule has 0 aliphatic carbocycles. The molecule has 0 aromatic carbocycles. The minimum Gasteiger partial charge on any atom is -0.155 e. The Labute approximate surface area is 62.7 Å². The molecule has 9 heavy (non-hydrogen) atoms. The van der Waals surface area contributed by atoms with Crippen LogP contribution in [0.3, 0.4) is 0 Å². The predicted octanol–water partition coefficient (Wildman–Crippen LogP) is 3.09. The largest absolute Gasteiger partial charge is 0.155 e. The molecule has 0 unspecified atom stereocenters. The van der Waals surface area contributed by atoms with E-state index in [4.69, 9.17) is 0 Å². The van der Waals surface area contributed by atoms with Gasteiger partial charge in [-0.15, -0.1) is 0 Å². The molecule has 0 atom stereocenters. The molecule has 0 rings (SSSR count). The summed E-state index contributed by atoms with van der Waals surface area (Å²) in [5.74, 6) is 1.17. The van der Waals surface area contributed by atoms with Crippen molar-refractivity contribution in [3.05, 3.63) is 11.6 Å². The van der Waals surface area contributed by atoms with Gasteiger partial charge in [0.15, 0.2) is 0 Å². The molecule has 0 saturated carbocycles. The second kappa shape index (κ2) is 4.92. The van der Waals surface area contributed by atoms with Crippen LogP contribution >= 0.6 is 11.8 Å². The zero-order valence-electron chi connectivity index (χ0n) is 6.77. The molecule has 0 aliphatic heterocycles. The third kappa shape index (κ3) is 8.09. The summed E-state index contributed by atoms with van der Waals surface area (Å²) in [5, 5.41) is 0.764. The van der Waals surface area contributed by atoms with Crippen LogP contribution in [0.2, 0.25) is 0 Å². The van der Waals surface area contributed by atoms with Gasteiger partial charge in [-0.25, -0.2) is 0 Å². The van der Waals surface area contributed by atoms with Crippen LogP contribution in [-0.2, 0) is 0 Å². The van der Waals surface area contributed by atoms with Crippen LogP contribution in [0, 0.1) is 0 Å². The fraction of sp³-hybridized carbons (Fsp3) is 0.750. The van der Waals surface area contributed by atoms with Gasteiger partial charge in [0.05, 0.1) is 0 Å². The van der Waals surface area contributed by atoms with Gasteiger partial charge in [0.1, 0.15) is 0 Å². The van der Waals surface area contributed by atoms with Crippen molar-refractivity contribution in [1.29, 1.82) is 0 Å². The van der Waals surface area contributed by atoms with E-state index in [1.165, 1.54) is 11.3 Å². The minimum absolute atomic E-state index is 0.764. The first kappa shape index (κ1) is 9.09. The van der Waals surface area contributed by atoms with Crippen molar-refractivity contribution in [2.75, 3.05) is 5.75 Å². The Morgan fingerprint density at radius 3 is 2.33 bits per heavy atom. The van der Waals surface area contributed by atoms with Gasteiger partial charge in [-0.3, -0.25) is 0 Å². The number of hydrogen-bond donors (Lipinski definition) is 0. The third-order valence-corrected chi connectivity index (χ3v) is 1.95. The molecule has 0 heterocycles. The predicted molar refractivity (Wildman–Crippen MR) is 47.0 cm³/mol. The van der Waals surface area contributed by atoms with Crippen LogP contribution in [0.4, 0.5) is 0 Å². The van der Waals surface area contributed by atoms with Crippen molar-refractivity contribution < 1.29 is 0 Å². The summed E-state index contributed by atoms with van der Waals surface area (Å²) in [6, 6.07) is 0. The molecule has 0 saturated heterocycles. The van der Waals surface area contributed by atoms with Crippen LogP contribution < -0.4 is 0 Å². The molecule has 0 amide bonds. The quantitative estimate of drug-likeness (QED) is 0.548. The summed E-state index contributed by atoms with van der Waals surface area (Å²) in [6.07, 6.45) is 2.27. The van der Waals surface area contributed by atoms with E-state index in [1.807, 2.05) is 11.8 Å². The molecule has 0 aromatic heterocycles. The summed E-state index contributed by atoms with van der Waals surface area (Å²) < 4.78 is 0. The highest BCUT2D eigenvalue weighted by molar-refractivity contribution is 7.99. The van der Waals surface area contributed by atoms with Crippen molar-refractivity contribution >= 4 is 11.8 Å². The lowest BCUT2D eigenvalue weighted by atomic mass is 10.3. The van der Waals surface area contributed by atoms with Crippen molar-refractivity contribution in [2.24, 2.45) is 0 Å². The Balaban J connectivity index is 3.20. The van der Waals surface area contributed by atoms with E-state index >= 15 is 0 Å². The third-order valence-electron chi connectivity index (χ3n) is 0.921. The average Bonchev–Trinajstić information content (AvgIpc) is 1.63. The maximum absolute atomic E-state index is 2.27. The van der Waals surface area contributed by atoms with Gasteiger partial charge in [-0.2, -0.15) is 11.8 Å². The Morgan fingerprint density at radius 2 is 2.00 bits per heavy atom. The minimum atomic E-state index is 0.764. The summed E-state index contributed by atoms with van der Waals surface area (Å²) in [7, 11) is 0. The number of rotatable bonds is 3. The lowest BCUT2D eigenvalue weighted by Gasteiger charge is -1.99. The van der Waals surface area contributed by atoms with Crippen LogP contribution in [0.5, 0.6) is 0 Å². The Bertz CT molecular complexity index is 88.7. The van der Waals surface area contributed by atoms with Crippen molar-refractivity contribution in [3.63, 3.8) is 0 Å². The fourth-order valence-corrected chi connectivity index (χ4v) is 1.22. The molecular formula is C8H16S. The van der Waals surface area contributed by atoms with Crippen LogP contribution in [0.15, 0.2) is 11.6 Å². The molecular weight excluding hydrogens is 128 g/mol. The highest BCUT2D eigenvalue weighted by Crippen LogP contribution is 2.09. The Kier molecular flexibility index (Phi) is 4.97. The molecule has 0 N–H and O–H groups in total. The second-order valence-corrected chi connectivity index (χ2v) is 4.27. The maximum atomic E-state index is 2.27. The van der Waals surface area contributed by atoms with Gasteiger partial charge in [-0.1, -0.05) is 25.5 Å². The van der Waals surface area contributed by atoms with E-state index in [0.717, 1.165) is 5.25 Å². The van der Waals surface area contributed by atoms with Crippen molar-refractivity contribution in [3.8, 4) is 0 Å². The monoisotopic (exact) mass is 144 g/mol. The number of hydrogen-bond acceptors (Lipinski definition) is 1. The van der Waals surface area contributed by atoms with Gasteiger partial charge >= 0.3 is 0 Å². The number of allylic oxidation sites excluding steroid dienone is 1. The van der Waals surface area contributed by atoms with E-state index < -0.39 is 0 Å². The van der Waals surface area contributed by atoms with E-state index in [-0.39, 0.29) is 0 Å². The zero-order valence-corrected chi connectivity index (χ0v) is 7.59. The summed E-state index contributed by atoms with van der Waals surface area (Å²) >= 11 is 1.98. The van der Waals surface area contributed by atoms with E-state index in [2.05, 4.69) is 33.8 Å². The SMILES string of the molecule is CC(C)=CCSC(C)C. The normalized spacial score (nSPS) is 9.89. The van der Waals surface area contributed by atoms with E-state index in [0.29, 0.717) is 0 Å². The summed E-state index contributed by atoms with van der Waals surface area (Å²) in [5.41, 5.74) is 1.42. The maximum Gasteiger partial charge on any atom is 0.0118 e. The van der Waals surface area contributed by atoms with Gasteiger partial charge in [0.2, 0.25) is 0 Å². The molecule has 0 bridgehead atoms. The molecule has 0 nitrogen and oxygen atoms in total. The summed E-state index contributed by atoms with van der Waals surface area (Å²) in [4.78, 5) is 0. The van der Waals surface area contributed by atoms with Crippen LogP contribution in [-0.4, -0.2) is 11.0 Å². The first-order chi connectivity index (χ1) is 4.13.